The van der Waals surface area contributed by atoms with E-state index in [1.54, 1.807) is 6.33 Å². The number of likely N-dealkylation sites (N-methyl/N-ethyl adjacent to an activating group) is 2. The third kappa shape index (κ3) is 4.99. The first-order valence-corrected chi connectivity index (χ1v) is 5.88. The van der Waals surface area contributed by atoms with Crippen molar-refractivity contribution in [2.24, 2.45) is 0 Å². The molecule has 1 heterocycles. The summed E-state index contributed by atoms with van der Waals surface area (Å²) in [4.78, 5) is 10.6. The Kier molecular flexibility index (Phi) is 4.69. The van der Waals surface area contributed by atoms with Crippen molar-refractivity contribution in [3.63, 3.8) is 0 Å². The van der Waals surface area contributed by atoms with Crippen LogP contribution in [0.3, 0.4) is 0 Å². The largest absolute Gasteiger partial charge is 0.365 e. The standard InChI is InChI=1S/C12H23N5/c1-12(2,3)16-10-8-11(15-9-14-10)17(5)7-6-13-4/h8-9,13H,6-7H2,1-5H3,(H,14,15,16). The second-order valence-electron chi connectivity index (χ2n) is 5.16. The molecule has 0 unspecified atom stereocenters. The average Bonchev–Trinajstić information content (AvgIpc) is 2.24. The maximum Gasteiger partial charge on any atom is 0.133 e. The van der Waals surface area contributed by atoms with Crippen LogP contribution in [0.15, 0.2) is 12.4 Å². The molecule has 1 aromatic heterocycles. The van der Waals surface area contributed by atoms with Crippen LogP contribution in [-0.2, 0) is 0 Å². The SMILES string of the molecule is CNCCN(C)c1cc(NC(C)(C)C)ncn1. The summed E-state index contributed by atoms with van der Waals surface area (Å²) in [5.74, 6) is 1.79. The van der Waals surface area contributed by atoms with Gasteiger partial charge in [-0.3, -0.25) is 0 Å². The van der Waals surface area contributed by atoms with Gasteiger partial charge >= 0.3 is 0 Å². The van der Waals surface area contributed by atoms with Gasteiger partial charge in [0.25, 0.3) is 0 Å². The van der Waals surface area contributed by atoms with Crippen LogP contribution in [-0.4, -0.2) is 42.7 Å². The van der Waals surface area contributed by atoms with E-state index in [4.69, 9.17) is 0 Å². The smallest absolute Gasteiger partial charge is 0.133 e. The molecule has 0 bridgehead atoms. The lowest BCUT2D eigenvalue weighted by Gasteiger charge is -2.23. The molecule has 0 saturated heterocycles. The summed E-state index contributed by atoms with van der Waals surface area (Å²) >= 11 is 0. The fraction of sp³-hybridized carbons (Fsp3) is 0.667. The molecule has 5 nitrogen and oxygen atoms in total. The zero-order valence-electron chi connectivity index (χ0n) is 11.4. The summed E-state index contributed by atoms with van der Waals surface area (Å²) < 4.78 is 0. The van der Waals surface area contributed by atoms with Gasteiger partial charge in [0.15, 0.2) is 0 Å². The minimum absolute atomic E-state index is 0.00910. The number of hydrogen-bond acceptors (Lipinski definition) is 5. The molecule has 0 saturated carbocycles. The molecule has 0 amide bonds. The van der Waals surface area contributed by atoms with Crippen LogP contribution < -0.4 is 15.5 Å². The van der Waals surface area contributed by atoms with Crippen molar-refractivity contribution in [3.8, 4) is 0 Å². The Morgan fingerprint density at radius 2 is 2.00 bits per heavy atom. The van der Waals surface area contributed by atoms with E-state index in [0.717, 1.165) is 24.7 Å². The Balaban J connectivity index is 2.71. The zero-order chi connectivity index (χ0) is 12.9. The molecule has 0 atom stereocenters. The van der Waals surface area contributed by atoms with Crippen molar-refractivity contribution >= 4 is 11.6 Å². The highest BCUT2D eigenvalue weighted by atomic mass is 15.2. The lowest BCUT2D eigenvalue weighted by Crippen LogP contribution is -2.29. The number of nitrogens with zero attached hydrogens (tertiary/aromatic N) is 3. The van der Waals surface area contributed by atoms with E-state index < -0.39 is 0 Å². The zero-order valence-corrected chi connectivity index (χ0v) is 11.4. The minimum Gasteiger partial charge on any atom is -0.365 e. The predicted molar refractivity (Wildman–Crippen MR) is 72.6 cm³/mol. The normalized spacial score (nSPS) is 11.4. The monoisotopic (exact) mass is 237 g/mol. The molecule has 5 heteroatoms. The van der Waals surface area contributed by atoms with Gasteiger partial charge < -0.3 is 15.5 Å². The van der Waals surface area contributed by atoms with Crippen LogP contribution in [0.4, 0.5) is 11.6 Å². The van der Waals surface area contributed by atoms with E-state index in [0.29, 0.717) is 0 Å². The molecule has 0 aliphatic heterocycles. The Morgan fingerprint density at radius 1 is 1.29 bits per heavy atom. The van der Waals surface area contributed by atoms with Crippen molar-refractivity contribution in [3.05, 3.63) is 12.4 Å². The minimum atomic E-state index is 0.00910. The van der Waals surface area contributed by atoms with Gasteiger partial charge in [0.2, 0.25) is 0 Å². The Hall–Kier alpha value is -1.36. The highest BCUT2D eigenvalue weighted by molar-refractivity contribution is 5.48. The molecule has 0 aromatic carbocycles. The number of hydrogen-bond donors (Lipinski definition) is 2. The molecule has 0 spiro atoms. The predicted octanol–water partition coefficient (Wildman–Crippen LogP) is 1.34. The number of anilines is 2. The van der Waals surface area contributed by atoms with Crippen LogP contribution >= 0.6 is 0 Å². The lowest BCUT2D eigenvalue weighted by molar-refractivity contribution is 0.630. The summed E-state index contributed by atoms with van der Waals surface area (Å²) in [5.41, 5.74) is 0.00910. The molecule has 2 N–H and O–H groups in total. The maximum atomic E-state index is 4.27. The molecule has 0 radical (unpaired) electrons. The van der Waals surface area contributed by atoms with Crippen LogP contribution in [0, 0.1) is 0 Å². The third-order valence-electron chi connectivity index (χ3n) is 2.24. The molecular weight excluding hydrogens is 214 g/mol. The van der Waals surface area contributed by atoms with Gasteiger partial charge in [-0.2, -0.15) is 0 Å². The van der Waals surface area contributed by atoms with E-state index in [2.05, 4.69) is 46.3 Å². The maximum absolute atomic E-state index is 4.27. The van der Waals surface area contributed by atoms with E-state index in [1.807, 2.05) is 20.2 Å². The number of rotatable bonds is 5. The van der Waals surface area contributed by atoms with Crippen LogP contribution in [0.5, 0.6) is 0 Å². The second kappa shape index (κ2) is 5.82. The molecule has 0 aliphatic rings. The number of nitrogens with one attached hydrogen (secondary N) is 2. The van der Waals surface area contributed by atoms with Gasteiger partial charge in [0.05, 0.1) is 0 Å². The van der Waals surface area contributed by atoms with Crippen molar-refractivity contribution in [2.75, 3.05) is 37.4 Å². The van der Waals surface area contributed by atoms with Gasteiger partial charge in [-0.25, -0.2) is 9.97 Å². The average molecular weight is 237 g/mol. The van der Waals surface area contributed by atoms with Crippen LogP contribution in [0.1, 0.15) is 20.8 Å². The van der Waals surface area contributed by atoms with Crippen molar-refractivity contribution in [1.82, 2.24) is 15.3 Å². The van der Waals surface area contributed by atoms with Gasteiger partial charge in [-0.15, -0.1) is 0 Å². The Labute approximate surface area is 104 Å². The van der Waals surface area contributed by atoms with Gasteiger partial charge in [0.1, 0.15) is 18.0 Å². The van der Waals surface area contributed by atoms with E-state index in [1.165, 1.54) is 0 Å². The Bertz CT molecular complexity index is 345. The summed E-state index contributed by atoms with van der Waals surface area (Å²) in [6.07, 6.45) is 1.60. The van der Waals surface area contributed by atoms with Crippen LogP contribution in [0.2, 0.25) is 0 Å². The quantitative estimate of drug-likeness (QED) is 0.809. The molecule has 0 fully saturated rings. The topological polar surface area (TPSA) is 53.1 Å². The van der Waals surface area contributed by atoms with E-state index in [-0.39, 0.29) is 5.54 Å². The highest BCUT2D eigenvalue weighted by Gasteiger charge is 2.11. The summed E-state index contributed by atoms with van der Waals surface area (Å²) in [6, 6.07) is 1.97. The van der Waals surface area contributed by atoms with Crippen LogP contribution in [0.25, 0.3) is 0 Å². The summed E-state index contributed by atoms with van der Waals surface area (Å²) in [7, 11) is 3.97. The van der Waals surface area contributed by atoms with Gasteiger partial charge in [-0.05, 0) is 27.8 Å². The lowest BCUT2D eigenvalue weighted by atomic mass is 10.1. The Morgan fingerprint density at radius 3 is 2.59 bits per heavy atom. The first kappa shape index (κ1) is 13.7. The fourth-order valence-electron chi connectivity index (χ4n) is 1.40. The fourth-order valence-corrected chi connectivity index (χ4v) is 1.40. The van der Waals surface area contributed by atoms with E-state index >= 15 is 0 Å². The molecule has 96 valence electrons. The number of aromatic nitrogens is 2. The van der Waals surface area contributed by atoms with Crippen molar-refractivity contribution in [1.29, 1.82) is 0 Å². The second-order valence-corrected chi connectivity index (χ2v) is 5.16. The highest BCUT2D eigenvalue weighted by Crippen LogP contribution is 2.16. The first-order valence-electron chi connectivity index (χ1n) is 5.88. The third-order valence-corrected chi connectivity index (χ3v) is 2.24. The summed E-state index contributed by atoms with van der Waals surface area (Å²) in [6.45, 7) is 8.18. The molecular formula is C12H23N5. The molecule has 0 aliphatic carbocycles. The molecule has 1 rings (SSSR count). The van der Waals surface area contributed by atoms with Gasteiger partial charge in [-0.1, -0.05) is 0 Å². The molecule has 1 aromatic rings. The first-order chi connectivity index (χ1) is 7.92. The summed E-state index contributed by atoms with van der Waals surface area (Å²) in [5, 5.41) is 6.46. The molecule has 17 heavy (non-hydrogen) atoms. The van der Waals surface area contributed by atoms with E-state index in [9.17, 15) is 0 Å². The van der Waals surface area contributed by atoms with Crippen molar-refractivity contribution < 1.29 is 0 Å². The van der Waals surface area contributed by atoms with Crippen molar-refractivity contribution in [2.45, 2.75) is 26.3 Å². The van der Waals surface area contributed by atoms with Gasteiger partial charge in [0, 0.05) is 31.7 Å².